The number of quaternary nitrogens is 1. The van der Waals surface area contributed by atoms with Gasteiger partial charge in [-0.25, -0.2) is 0 Å². The average Bonchev–Trinajstić information content (AvgIpc) is 1.91. The normalized spacial score (nSPS) is 21.8. The van der Waals surface area contributed by atoms with Gasteiger partial charge >= 0.3 is 0 Å². The summed E-state index contributed by atoms with van der Waals surface area (Å²) in [5.74, 6) is 0. The first-order valence-electron chi connectivity index (χ1n) is 3.88. The molecule has 1 aliphatic heterocycles. The second-order valence-electron chi connectivity index (χ2n) is 2.80. The van der Waals surface area contributed by atoms with Crippen LogP contribution >= 0.6 is 0 Å². The second kappa shape index (κ2) is 3.67. The van der Waals surface area contributed by atoms with Gasteiger partial charge in [-0.05, 0) is 25.3 Å². The van der Waals surface area contributed by atoms with Crippen molar-refractivity contribution in [3.63, 3.8) is 0 Å². The van der Waals surface area contributed by atoms with Crippen molar-refractivity contribution in [2.24, 2.45) is 0 Å². The lowest BCUT2D eigenvalue weighted by Crippen LogP contribution is -3.12. The van der Waals surface area contributed by atoms with E-state index in [9.17, 15) is 0 Å². The first kappa shape index (κ1) is 6.81. The summed E-state index contributed by atoms with van der Waals surface area (Å²) in [6.07, 6.45) is 6.31. The maximum atomic E-state index is 3.73. The van der Waals surface area contributed by atoms with E-state index in [1.54, 1.807) is 4.90 Å². The molecular formula is C8H16N+. The summed E-state index contributed by atoms with van der Waals surface area (Å²) in [6.45, 7) is 7.63. The Morgan fingerprint density at radius 1 is 1.22 bits per heavy atom. The fourth-order valence-electron chi connectivity index (χ4n) is 1.46. The smallest absolute Gasteiger partial charge is 0.0955 e. The van der Waals surface area contributed by atoms with Gasteiger partial charge in [-0.15, -0.1) is 0 Å². The maximum Gasteiger partial charge on any atom is 0.0955 e. The van der Waals surface area contributed by atoms with E-state index in [0.717, 1.165) is 0 Å². The van der Waals surface area contributed by atoms with Crippen LogP contribution in [0.3, 0.4) is 0 Å². The Morgan fingerprint density at radius 2 is 1.89 bits per heavy atom. The molecule has 0 aromatic rings. The van der Waals surface area contributed by atoms with E-state index in [2.05, 4.69) is 6.58 Å². The predicted molar refractivity (Wildman–Crippen MR) is 39.6 cm³/mol. The van der Waals surface area contributed by atoms with Gasteiger partial charge in [0.15, 0.2) is 0 Å². The van der Waals surface area contributed by atoms with Crippen LogP contribution in [-0.2, 0) is 0 Å². The van der Waals surface area contributed by atoms with Gasteiger partial charge in [0.1, 0.15) is 0 Å². The molecule has 52 valence electrons. The molecule has 1 aliphatic rings. The number of hydrogen-bond donors (Lipinski definition) is 1. The summed E-state index contributed by atoms with van der Waals surface area (Å²) in [4.78, 5) is 1.72. The standard InChI is InChI=1S/C8H15N/c1-2-6-9-7-4-3-5-8-9/h2H,1,3-8H2/p+1. The van der Waals surface area contributed by atoms with Crippen LogP contribution in [0.5, 0.6) is 0 Å². The van der Waals surface area contributed by atoms with Crippen molar-refractivity contribution in [3.05, 3.63) is 12.7 Å². The average molecular weight is 126 g/mol. The second-order valence-corrected chi connectivity index (χ2v) is 2.80. The Labute approximate surface area is 57.4 Å². The van der Waals surface area contributed by atoms with Crippen LogP contribution in [0.4, 0.5) is 0 Å². The third kappa shape index (κ3) is 2.19. The lowest BCUT2D eigenvalue weighted by atomic mass is 10.1. The Bertz CT molecular complexity index is 82.6. The number of hydrogen-bond acceptors (Lipinski definition) is 0. The van der Waals surface area contributed by atoms with Gasteiger partial charge in [0.25, 0.3) is 0 Å². The quantitative estimate of drug-likeness (QED) is 0.506. The Balaban J connectivity index is 2.15. The summed E-state index contributed by atoms with van der Waals surface area (Å²) in [6, 6.07) is 0. The lowest BCUT2D eigenvalue weighted by Gasteiger charge is -2.21. The minimum Gasteiger partial charge on any atom is -0.332 e. The van der Waals surface area contributed by atoms with Crippen molar-refractivity contribution in [1.29, 1.82) is 0 Å². The summed E-state index contributed by atoms with van der Waals surface area (Å²) in [7, 11) is 0. The first-order chi connectivity index (χ1) is 4.43. The van der Waals surface area contributed by atoms with Crippen molar-refractivity contribution >= 4 is 0 Å². The molecule has 0 radical (unpaired) electrons. The molecule has 1 nitrogen and oxygen atoms in total. The summed E-state index contributed by atoms with van der Waals surface area (Å²) < 4.78 is 0. The van der Waals surface area contributed by atoms with Gasteiger partial charge in [0, 0.05) is 0 Å². The zero-order valence-electron chi connectivity index (χ0n) is 6.03. The zero-order valence-corrected chi connectivity index (χ0v) is 6.03. The molecule has 0 spiro atoms. The van der Waals surface area contributed by atoms with Gasteiger partial charge in [-0.1, -0.05) is 6.58 Å². The van der Waals surface area contributed by atoms with Crippen LogP contribution in [-0.4, -0.2) is 19.6 Å². The Kier molecular flexibility index (Phi) is 2.78. The van der Waals surface area contributed by atoms with Crippen molar-refractivity contribution in [3.8, 4) is 0 Å². The Morgan fingerprint density at radius 3 is 2.44 bits per heavy atom. The molecule has 0 aliphatic carbocycles. The molecule has 0 aromatic carbocycles. The molecule has 0 unspecified atom stereocenters. The minimum atomic E-state index is 1.17. The SMILES string of the molecule is C=CC[NH+]1CCCCC1. The fourth-order valence-corrected chi connectivity index (χ4v) is 1.46. The monoisotopic (exact) mass is 126 g/mol. The van der Waals surface area contributed by atoms with Crippen LogP contribution in [0.25, 0.3) is 0 Å². The molecule has 1 saturated heterocycles. The van der Waals surface area contributed by atoms with Crippen LogP contribution in [0, 0.1) is 0 Å². The van der Waals surface area contributed by atoms with Crippen molar-refractivity contribution < 1.29 is 4.90 Å². The number of likely N-dealkylation sites (tertiary alicyclic amines) is 1. The molecule has 0 atom stereocenters. The molecule has 1 heterocycles. The van der Waals surface area contributed by atoms with Crippen LogP contribution in [0.2, 0.25) is 0 Å². The van der Waals surface area contributed by atoms with E-state index in [1.165, 1.54) is 38.9 Å². The van der Waals surface area contributed by atoms with E-state index in [4.69, 9.17) is 0 Å². The third-order valence-electron chi connectivity index (χ3n) is 1.99. The van der Waals surface area contributed by atoms with Gasteiger partial charge in [-0.2, -0.15) is 0 Å². The van der Waals surface area contributed by atoms with Gasteiger partial charge < -0.3 is 4.90 Å². The van der Waals surface area contributed by atoms with Crippen molar-refractivity contribution in [2.75, 3.05) is 19.6 Å². The van der Waals surface area contributed by atoms with Crippen LogP contribution in [0.1, 0.15) is 19.3 Å². The summed E-state index contributed by atoms with van der Waals surface area (Å²) in [5, 5.41) is 0. The lowest BCUT2D eigenvalue weighted by molar-refractivity contribution is -0.898. The predicted octanol–water partition coefficient (Wildman–Crippen LogP) is 0.241. The molecule has 9 heavy (non-hydrogen) atoms. The van der Waals surface area contributed by atoms with E-state index in [0.29, 0.717) is 0 Å². The molecule has 0 aromatic heterocycles. The Hall–Kier alpha value is -0.300. The highest BCUT2D eigenvalue weighted by Crippen LogP contribution is 1.93. The van der Waals surface area contributed by atoms with Crippen LogP contribution < -0.4 is 4.90 Å². The van der Waals surface area contributed by atoms with E-state index >= 15 is 0 Å². The summed E-state index contributed by atoms with van der Waals surface area (Å²) in [5.41, 5.74) is 0. The highest BCUT2D eigenvalue weighted by molar-refractivity contribution is 4.63. The highest BCUT2D eigenvalue weighted by atomic mass is 15.1. The topological polar surface area (TPSA) is 4.44 Å². The van der Waals surface area contributed by atoms with Gasteiger partial charge in [0.05, 0.1) is 19.6 Å². The van der Waals surface area contributed by atoms with Crippen LogP contribution in [0.15, 0.2) is 12.7 Å². The highest BCUT2D eigenvalue weighted by Gasteiger charge is 2.10. The molecule has 0 amide bonds. The molecule has 1 N–H and O–H groups in total. The van der Waals surface area contributed by atoms with Crippen molar-refractivity contribution in [2.45, 2.75) is 19.3 Å². The number of rotatable bonds is 2. The maximum absolute atomic E-state index is 3.73. The fraction of sp³-hybridized carbons (Fsp3) is 0.750. The molecule has 0 saturated carbocycles. The molecular weight excluding hydrogens is 110 g/mol. The molecule has 1 fully saturated rings. The molecule has 1 rings (SSSR count). The zero-order chi connectivity index (χ0) is 6.53. The van der Waals surface area contributed by atoms with E-state index in [1.807, 2.05) is 6.08 Å². The number of nitrogens with one attached hydrogen (secondary N) is 1. The van der Waals surface area contributed by atoms with E-state index < -0.39 is 0 Å². The first-order valence-corrected chi connectivity index (χ1v) is 3.88. The summed E-state index contributed by atoms with van der Waals surface area (Å²) >= 11 is 0. The largest absolute Gasteiger partial charge is 0.332 e. The van der Waals surface area contributed by atoms with Crippen molar-refractivity contribution in [1.82, 2.24) is 0 Å². The van der Waals surface area contributed by atoms with Gasteiger partial charge in [-0.3, -0.25) is 0 Å². The third-order valence-corrected chi connectivity index (χ3v) is 1.99. The number of piperidine rings is 1. The van der Waals surface area contributed by atoms with Gasteiger partial charge in [0.2, 0.25) is 0 Å². The molecule has 0 bridgehead atoms. The van der Waals surface area contributed by atoms with E-state index in [-0.39, 0.29) is 0 Å². The molecule has 1 heteroatoms. The minimum absolute atomic E-state index is 1.17.